The number of carbonyl (C=O) groups excluding carboxylic acids is 2. The molecule has 0 unspecified atom stereocenters. The van der Waals surface area contributed by atoms with E-state index in [2.05, 4.69) is 4.98 Å². The minimum Gasteiger partial charge on any atom is -0.511 e. The molecule has 1 N–H and O–H groups in total. The van der Waals surface area contributed by atoms with Gasteiger partial charge in [0.25, 0.3) is 5.56 Å². The predicted molar refractivity (Wildman–Crippen MR) is 105 cm³/mol. The summed E-state index contributed by atoms with van der Waals surface area (Å²) in [7, 11) is 0. The van der Waals surface area contributed by atoms with Crippen molar-refractivity contribution in [2.24, 2.45) is 0 Å². The molecule has 1 aromatic carbocycles. The topological polar surface area (TPSA) is 89.3 Å². The molecule has 1 heterocycles. The quantitative estimate of drug-likeness (QED) is 0.608. The first kappa shape index (κ1) is 19.1. The molecule has 0 saturated carbocycles. The van der Waals surface area contributed by atoms with Crippen LogP contribution in [0.1, 0.15) is 29.6 Å². The number of aliphatic hydroxyl groups excluding tert-OH is 1. The number of hydrogen-bond acceptors (Lipinski definition) is 6. The Morgan fingerprint density at radius 3 is 2.63 bits per heavy atom. The van der Waals surface area contributed by atoms with Crippen LogP contribution in [0.2, 0.25) is 0 Å². The van der Waals surface area contributed by atoms with Gasteiger partial charge in [-0.2, -0.15) is 11.8 Å². The van der Waals surface area contributed by atoms with Crippen molar-refractivity contribution in [3.05, 3.63) is 63.8 Å². The number of aliphatic hydroxyl groups is 1. The van der Waals surface area contributed by atoms with Gasteiger partial charge >= 0.3 is 0 Å². The summed E-state index contributed by atoms with van der Waals surface area (Å²) < 4.78 is 1.46. The molecular formula is C20H20N2O4S. The highest BCUT2D eigenvalue weighted by Gasteiger charge is 2.30. The second-order valence-corrected chi connectivity index (χ2v) is 7.22. The standard InChI is InChI=1S/C20H20N2O4S/c1-27-11-10-22-19(13-6-3-2-4-7-13)21-12-14(20(22)26)18(25)17-15(23)8-5-9-16(17)24/h2-4,6-7,12,23H,5,8-11H2,1H3. The summed E-state index contributed by atoms with van der Waals surface area (Å²) in [4.78, 5) is 42.3. The van der Waals surface area contributed by atoms with Crippen LogP contribution in [0.5, 0.6) is 0 Å². The molecule has 27 heavy (non-hydrogen) atoms. The molecule has 1 aromatic heterocycles. The summed E-state index contributed by atoms with van der Waals surface area (Å²) in [6.07, 6.45) is 4.11. The third kappa shape index (κ3) is 3.88. The number of allylic oxidation sites excluding steroid dienone is 2. The van der Waals surface area contributed by atoms with Crippen LogP contribution >= 0.6 is 11.8 Å². The summed E-state index contributed by atoms with van der Waals surface area (Å²) in [5.74, 6) is -0.262. The number of nitrogens with zero attached hydrogens (tertiary/aromatic N) is 2. The molecule has 1 aliphatic carbocycles. The zero-order chi connectivity index (χ0) is 19.4. The Labute approximate surface area is 160 Å². The Morgan fingerprint density at radius 2 is 1.96 bits per heavy atom. The fraction of sp³-hybridized carbons (Fsp3) is 0.300. The molecule has 0 bridgehead atoms. The first-order chi connectivity index (χ1) is 13.0. The minimum atomic E-state index is -0.743. The lowest BCUT2D eigenvalue weighted by Gasteiger charge is -2.16. The van der Waals surface area contributed by atoms with Gasteiger partial charge in [-0.3, -0.25) is 19.0 Å². The first-order valence-electron chi connectivity index (χ1n) is 8.68. The van der Waals surface area contributed by atoms with Crippen LogP contribution in [-0.2, 0) is 11.3 Å². The van der Waals surface area contributed by atoms with E-state index >= 15 is 0 Å². The van der Waals surface area contributed by atoms with Crippen molar-refractivity contribution in [2.75, 3.05) is 12.0 Å². The van der Waals surface area contributed by atoms with Crippen LogP contribution in [0.3, 0.4) is 0 Å². The number of thioether (sulfide) groups is 1. The van der Waals surface area contributed by atoms with Gasteiger partial charge in [0, 0.05) is 36.9 Å². The van der Waals surface area contributed by atoms with Gasteiger partial charge in [0.15, 0.2) is 5.78 Å². The zero-order valence-corrected chi connectivity index (χ0v) is 15.8. The second kappa shape index (κ2) is 8.35. The molecule has 3 rings (SSSR count). The van der Waals surface area contributed by atoms with Gasteiger partial charge in [-0.05, 0) is 12.7 Å². The van der Waals surface area contributed by atoms with Crippen LogP contribution in [0, 0.1) is 0 Å². The Balaban J connectivity index is 2.12. The van der Waals surface area contributed by atoms with E-state index in [0.29, 0.717) is 24.5 Å². The van der Waals surface area contributed by atoms with E-state index in [1.165, 1.54) is 10.8 Å². The van der Waals surface area contributed by atoms with Gasteiger partial charge in [0.05, 0.1) is 0 Å². The number of benzene rings is 1. The van der Waals surface area contributed by atoms with E-state index in [4.69, 9.17) is 0 Å². The highest BCUT2D eigenvalue weighted by Crippen LogP contribution is 2.23. The SMILES string of the molecule is CSCCn1c(-c2ccccc2)ncc(C(=O)C2=C(O)CCCC2=O)c1=O. The number of carbonyl (C=O) groups is 2. The van der Waals surface area contributed by atoms with Crippen molar-refractivity contribution in [2.45, 2.75) is 25.8 Å². The van der Waals surface area contributed by atoms with Gasteiger partial charge in [0.2, 0.25) is 5.78 Å². The highest BCUT2D eigenvalue weighted by molar-refractivity contribution is 7.98. The molecule has 1 aliphatic rings. The van der Waals surface area contributed by atoms with E-state index in [-0.39, 0.29) is 29.7 Å². The van der Waals surface area contributed by atoms with Crippen LogP contribution in [0.4, 0.5) is 0 Å². The highest BCUT2D eigenvalue weighted by atomic mass is 32.2. The van der Waals surface area contributed by atoms with Gasteiger partial charge < -0.3 is 5.11 Å². The lowest BCUT2D eigenvalue weighted by atomic mass is 9.91. The summed E-state index contributed by atoms with van der Waals surface area (Å²) in [6.45, 7) is 0.386. The summed E-state index contributed by atoms with van der Waals surface area (Å²) in [5, 5.41) is 10.0. The maximum Gasteiger partial charge on any atom is 0.265 e. The summed E-state index contributed by atoms with van der Waals surface area (Å²) in [6, 6.07) is 9.26. The first-order valence-corrected chi connectivity index (χ1v) is 10.1. The normalized spacial score (nSPS) is 14.5. The van der Waals surface area contributed by atoms with Gasteiger partial charge in [-0.1, -0.05) is 30.3 Å². The maximum absolute atomic E-state index is 13.0. The van der Waals surface area contributed by atoms with Crippen LogP contribution in [0.25, 0.3) is 11.4 Å². The number of rotatable bonds is 6. The van der Waals surface area contributed by atoms with Crippen LogP contribution in [-0.4, -0.2) is 38.2 Å². The van der Waals surface area contributed by atoms with Gasteiger partial charge in [-0.25, -0.2) is 4.98 Å². The lowest BCUT2D eigenvalue weighted by molar-refractivity contribution is -0.116. The Morgan fingerprint density at radius 1 is 1.22 bits per heavy atom. The molecule has 2 aromatic rings. The van der Waals surface area contributed by atoms with Crippen molar-refractivity contribution in [1.29, 1.82) is 0 Å². The van der Waals surface area contributed by atoms with E-state index in [1.807, 2.05) is 36.6 Å². The number of hydrogen-bond donors (Lipinski definition) is 1. The molecule has 140 valence electrons. The molecule has 0 aliphatic heterocycles. The van der Waals surface area contributed by atoms with Crippen molar-refractivity contribution in [3.8, 4) is 11.4 Å². The fourth-order valence-electron chi connectivity index (χ4n) is 3.08. The molecular weight excluding hydrogens is 364 g/mol. The molecule has 0 amide bonds. The summed E-state index contributed by atoms with van der Waals surface area (Å²) in [5.41, 5.74) is -0.191. The Bertz CT molecular complexity index is 964. The molecule has 0 atom stereocenters. The third-order valence-corrected chi connectivity index (χ3v) is 5.05. The van der Waals surface area contributed by atoms with Crippen molar-refractivity contribution >= 4 is 23.3 Å². The number of Topliss-reactive ketones (excluding diaryl/α,β-unsaturated/α-hetero) is 2. The van der Waals surface area contributed by atoms with E-state index in [0.717, 1.165) is 5.56 Å². The number of aromatic nitrogens is 2. The molecule has 0 radical (unpaired) electrons. The number of ketones is 2. The monoisotopic (exact) mass is 384 g/mol. The van der Waals surface area contributed by atoms with Crippen LogP contribution in [0.15, 0.2) is 52.7 Å². The largest absolute Gasteiger partial charge is 0.511 e. The molecule has 0 fully saturated rings. The van der Waals surface area contributed by atoms with E-state index in [1.54, 1.807) is 11.8 Å². The average Bonchev–Trinajstić information content (AvgIpc) is 2.67. The van der Waals surface area contributed by atoms with Crippen LogP contribution < -0.4 is 5.56 Å². The average molecular weight is 384 g/mol. The predicted octanol–water partition coefficient (Wildman–Crippen LogP) is 3.02. The van der Waals surface area contributed by atoms with Gasteiger partial charge in [-0.15, -0.1) is 0 Å². The molecule has 6 nitrogen and oxygen atoms in total. The maximum atomic E-state index is 13.0. The summed E-state index contributed by atoms with van der Waals surface area (Å²) >= 11 is 1.58. The smallest absolute Gasteiger partial charge is 0.265 e. The second-order valence-electron chi connectivity index (χ2n) is 6.24. The third-order valence-electron chi connectivity index (χ3n) is 4.45. The molecule has 0 saturated heterocycles. The van der Waals surface area contributed by atoms with E-state index < -0.39 is 17.1 Å². The van der Waals surface area contributed by atoms with E-state index in [9.17, 15) is 19.5 Å². The van der Waals surface area contributed by atoms with Crippen molar-refractivity contribution in [1.82, 2.24) is 9.55 Å². The van der Waals surface area contributed by atoms with Gasteiger partial charge in [0.1, 0.15) is 22.7 Å². The Kier molecular flexibility index (Phi) is 5.91. The zero-order valence-electron chi connectivity index (χ0n) is 15.0. The Hall–Kier alpha value is -2.67. The minimum absolute atomic E-state index is 0.187. The molecule has 7 heteroatoms. The van der Waals surface area contributed by atoms with Crippen molar-refractivity contribution in [3.63, 3.8) is 0 Å². The fourth-order valence-corrected chi connectivity index (χ4v) is 3.44. The lowest BCUT2D eigenvalue weighted by Crippen LogP contribution is -2.32. The molecule has 0 spiro atoms. The van der Waals surface area contributed by atoms with Crippen molar-refractivity contribution < 1.29 is 14.7 Å².